The number of benzene rings is 7. The summed E-state index contributed by atoms with van der Waals surface area (Å²) >= 11 is 0. The smallest absolute Gasteiger partial charge is 0.416 e. The van der Waals surface area contributed by atoms with Gasteiger partial charge in [0.05, 0.1) is 24.5 Å². The number of carbonyl (C=O) groups is 2. The zero-order valence-corrected chi connectivity index (χ0v) is 48.9. The van der Waals surface area contributed by atoms with Gasteiger partial charge in [0.2, 0.25) is 0 Å². The number of ether oxygens (including phenoxy) is 4. The maximum absolute atomic E-state index is 15.3. The molecule has 2 heterocycles. The first-order chi connectivity index (χ1) is 40.5. The van der Waals surface area contributed by atoms with Crippen molar-refractivity contribution in [2.45, 2.75) is 147 Å². The Kier molecular flexibility index (Phi) is 15.8. The first kappa shape index (κ1) is 57.1. The molecule has 0 amide bonds. The van der Waals surface area contributed by atoms with Crippen LogP contribution in [0.1, 0.15) is 168 Å². The van der Waals surface area contributed by atoms with Crippen LogP contribution >= 0.6 is 0 Å². The van der Waals surface area contributed by atoms with Gasteiger partial charge in [-0.1, -0.05) is 119 Å². The summed E-state index contributed by atoms with van der Waals surface area (Å²) in [5.74, 6) is 0.487. The van der Waals surface area contributed by atoms with E-state index in [1.54, 1.807) is 37.3 Å². The summed E-state index contributed by atoms with van der Waals surface area (Å²) in [5.41, 5.74) is 5.70. The molecular formula is C73H75F4NO6. The lowest BCUT2D eigenvalue weighted by Gasteiger charge is -2.39. The number of anilines is 1. The number of methoxy groups -OCH3 is 1. The molecule has 1 unspecified atom stereocenters. The molecule has 0 spiro atoms. The van der Waals surface area contributed by atoms with Crippen LogP contribution in [0.15, 0.2) is 127 Å². The summed E-state index contributed by atoms with van der Waals surface area (Å²) in [6.45, 7) is 9.48. The van der Waals surface area contributed by atoms with Crippen LogP contribution in [0.25, 0.3) is 39.1 Å². The fourth-order valence-corrected chi connectivity index (χ4v) is 14.7. The van der Waals surface area contributed by atoms with Crippen molar-refractivity contribution in [3.05, 3.63) is 178 Å². The number of carbonyl (C=O) groups excluding carboxylic acids is 2. The van der Waals surface area contributed by atoms with E-state index < -0.39 is 46.4 Å². The summed E-state index contributed by atoms with van der Waals surface area (Å²) in [4.78, 5) is 30.4. The zero-order chi connectivity index (χ0) is 58.5. The Balaban J connectivity index is 0.801. The van der Waals surface area contributed by atoms with Gasteiger partial charge in [-0.05, 0) is 200 Å². The monoisotopic (exact) mass is 1140 g/mol. The van der Waals surface area contributed by atoms with Crippen LogP contribution in [-0.4, -0.2) is 32.1 Å². The van der Waals surface area contributed by atoms with Gasteiger partial charge in [-0.25, -0.2) is 4.39 Å². The molecule has 3 aliphatic carbocycles. The zero-order valence-electron chi connectivity index (χ0n) is 48.9. The van der Waals surface area contributed by atoms with Gasteiger partial charge in [0.1, 0.15) is 17.3 Å². The molecule has 1 saturated heterocycles. The lowest BCUT2D eigenvalue weighted by Crippen LogP contribution is -2.35. The van der Waals surface area contributed by atoms with E-state index in [1.807, 2.05) is 62.4 Å². The van der Waals surface area contributed by atoms with Crippen LogP contribution in [0, 0.1) is 30.5 Å². The predicted molar refractivity (Wildman–Crippen MR) is 325 cm³/mol. The molecule has 7 aromatic rings. The van der Waals surface area contributed by atoms with Gasteiger partial charge in [0, 0.05) is 46.3 Å². The van der Waals surface area contributed by atoms with Crippen LogP contribution in [0.5, 0.6) is 23.0 Å². The van der Waals surface area contributed by atoms with Crippen LogP contribution < -0.4 is 23.8 Å². The molecule has 2 aliphatic heterocycles. The number of aryl methyl sites for hydroxylation is 1. The molecule has 0 radical (unpaired) electrons. The van der Waals surface area contributed by atoms with Crippen LogP contribution in [0.4, 0.5) is 23.2 Å². The maximum Gasteiger partial charge on any atom is 0.416 e. The maximum atomic E-state index is 15.3. The number of unbranched alkanes of at least 4 members (excludes halogenated alkanes) is 2. The molecule has 7 nitrogen and oxygen atoms in total. The second-order valence-electron chi connectivity index (χ2n) is 24.9. The fourth-order valence-electron chi connectivity index (χ4n) is 14.7. The number of hydrogen-bond acceptors (Lipinski definition) is 7. The molecule has 7 aromatic carbocycles. The van der Waals surface area contributed by atoms with E-state index in [0.717, 1.165) is 54.2 Å². The van der Waals surface area contributed by atoms with Crippen LogP contribution in [-0.2, 0) is 26.8 Å². The van der Waals surface area contributed by atoms with E-state index in [9.17, 15) is 14.0 Å². The lowest BCUT2D eigenvalue weighted by atomic mass is 9.75. The van der Waals surface area contributed by atoms with E-state index >= 15 is 13.2 Å². The van der Waals surface area contributed by atoms with Crippen LogP contribution in [0.2, 0.25) is 0 Å². The van der Waals surface area contributed by atoms with Gasteiger partial charge < -0.3 is 23.8 Å². The highest BCUT2D eigenvalue weighted by atomic mass is 19.4. The SMILES string of the molecule is CCCCCC1CCC(c2ccc(-c3ccc(OC(=O)C4CCC(C(=O)Oc5cc6c7c(c8c(c6cc5OC)OC(c5ccc(F)cc5)(c5ccc(N6CCCCC6)cc5)C=C8)C(C)(C)c5c-7cc(C)cc5C(F)(F)F)CC4)cc3)cc2)CC1. The highest BCUT2D eigenvalue weighted by molar-refractivity contribution is 6.10. The van der Waals surface area contributed by atoms with Gasteiger partial charge in [-0.2, -0.15) is 13.2 Å². The average molecular weight is 1140 g/mol. The van der Waals surface area contributed by atoms with Gasteiger partial charge >= 0.3 is 18.1 Å². The first-order valence-electron chi connectivity index (χ1n) is 30.6. The van der Waals surface area contributed by atoms with Gasteiger partial charge in [0.15, 0.2) is 17.1 Å². The molecule has 1 atom stereocenters. The van der Waals surface area contributed by atoms with E-state index in [-0.39, 0.29) is 23.0 Å². The Hall–Kier alpha value is -7.40. The quantitative estimate of drug-likeness (QED) is 0.0465. The van der Waals surface area contributed by atoms with Crippen molar-refractivity contribution in [1.82, 2.24) is 0 Å². The number of piperidine rings is 1. The van der Waals surface area contributed by atoms with E-state index in [1.165, 1.54) is 88.7 Å². The lowest BCUT2D eigenvalue weighted by molar-refractivity contribution is -0.145. The predicted octanol–water partition coefficient (Wildman–Crippen LogP) is 18.8. The molecule has 0 aromatic heterocycles. The summed E-state index contributed by atoms with van der Waals surface area (Å²) < 4.78 is 86.5. The summed E-state index contributed by atoms with van der Waals surface area (Å²) in [6.07, 6.45) is 14.8. The minimum atomic E-state index is -4.67. The third-order valence-corrected chi connectivity index (χ3v) is 19.2. The van der Waals surface area contributed by atoms with Crippen molar-refractivity contribution < 1.29 is 46.1 Å². The number of halogens is 4. The number of nitrogens with zero attached hydrogens (tertiary/aromatic N) is 1. The van der Waals surface area contributed by atoms with Crippen molar-refractivity contribution in [3.63, 3.8) is 0 Å². The molecule has 2 saturated carbocycles. The third-order valence-electron chi connectivity index (χ3n) is 19.2. The van der Waals surface area contributed by atoms with Crippen molar-refractivity contribution in [3.8, 4) is 45.3 Å². The topological polar surface area (TPSA) is 74.3 Å². The second kappa shape index (κ2) is 23.2. The fraction of sp³-hybridized carbons (Fsp3) is 0.397. The van der Waals surface area contributed by atoms with Crippen molar-refractivity contribution in [2.75, 3.05) is 25.1 Å². The normalized spacial score (nSPS) is 21.7. The number of esters is 2. The Morgan fingerprint density at radius 3 is 1.90 bits per heavy atom. The molecule has 0 bridgehead atoms. The number of rotatable bonds is 14. The largest absolute Gasteiger partial charge is 0.493 e. The highest BCUT2D eigenvalue weighted by Crippen LogP contribution is 2.61. The summed E-state index contributed by atoms with van der Waals surface area (Å²) in [6, 6.07) is 37.5. The Bertz CT molecular complexity index is 3600. The Morgan fingerprint density at radius 2 is 1.29 bits per heavy atom. The van der Waals surface area contributed by atoms with Crippen LogP contribution in [0.3, 0.4) is 0 Å². The Labute approximate surface area is 491 Å². The number of hydrogen-bond donors (Lipinski definition) is 0. The van der Waals surface area contributed by atoms with E-state index in [2.05, 4.69) is 48.2 Å². The van der Waals surface area contributed by atoms with Crippen molar-refractivity contribution in [2.24, 2.45) is 17.8 Å². The standard InChI is InChI=1S/C73H75F4NO6/c1-6-7-9-12-46-13-15-47(16-14-46)48-17-19-49(20-18-48)50-25-35-57(36-26-50)82-69(79)51-21-23-52(24-22-51)70(80)83-64-43-59-60(44-63(64)81-5)68-58(67-65(59)61-41-45(2)42-62(73(75,76)77)66(61)71(67,3)4)37-38-72(84-68,53-27-31-55(74)32-28-53)54-29-33-56(34-30-54)78-39-10-8-11-40-78/h17-20,25-38,41-44,46-47,51-52H,6-16,21-24,39-40H2,1-5H3. The van der Waals surface area contributed by atoms with E-state index in [0.29, 0.717) is 87.3 Å². The highest BCUT2D eigenvalue weighted by Gasteiger charge is 2.49. The molecule has 0 N–H and O–H groups in total. The van der Waals surface area contributed by atoms with Gasteiger partial charge in [-0.3, -0.25) is 9.59 Å². The Morgan fingerprint density at radius 1 is 0.679 bits per heavy atom. The minimum absolute atomic E-state index is 0.105. The number of alkyl halides is 3. The van der Waals surface area contributed by atoms with Crippen molar-refractivity contribution >= 4 is 34.5 Å². The van der Waals surface area contributed by atoms with Crippen molar-refractivity contribution in [1.29, 1.82) is 0 Å². The summed E-state index contributed by atoms with van der Waals surface area (Å²) in [5, 5.41) is 1.04. The van der Waals surface area contributed by atoms with E-state index in [4.69, 9.17) is 18.9 Å². The molecule has 12 rings (SSSR count). The second-order valence-corrected chi connectivity index (χ2v) is 24.9. The number of fused-ring (bicyclic) bond motifs is 8. The molecule has 436 valence electrons. The molecule has 5 aliphatic rings. The average Bonchev–Trinajstić information content (AvgIpc) is 2.87. The minimum Gasteiger partial charge on any atom is -0.493 e. The molecule has 11 heteroatoms. The first-order valence-corrected chi connectivity index (χ1v) is 30.6. The van der Waals surface area contributed by atoms with Gasteiger partial charge in [-0.15, -0.1) is 0 Å². The third kappa shape index (κ3) is 10.9. The van der Waals surface area contributed by atoms with Gasteiger partial charge in [0.25, 0.3) is 0 Å². The summed E-state index contributed by atoms with van der Waals surface area (Å²) in [7, 11) is 1.48. The molecular weight excluding hydrogens is 1060 g/mol. The molecule has 84 heavy (non-hydrogen) atoms. The molecule has 3 fully saturated rings.